The molecule has 0 aliphatic rings. The van der Waals surface area contributed by atoms with Crippen molar-refractivity contribution in [2.24, 2.45) is 0 Å². The number of rotatable bonds is 42. The Balaban J connectivity index is 4.20. The molecule has 0 rings (SSSR count). The highest BCUT2D eigenvalue weighted by molar-refractivity contribution is 7.45. The van der Waals surface area contributed by atoms with Crippen molar-refractivity contribution in [3.05, 3.63) is 60.8 Å². The first kappa shape index (κ1) is 55.2. The van der Waals surface area contributed by atoms with Crippen molar-refractivity contribution in [3.63, 3.8) is 0 Å². The number of hydrogen-bond acceptors (Lipinski definition) is 7. The second kappa shape index (κ2) is 41.0. The first-order valence-corrected chi connectivity index (χ1v) is 24.5. The first-order chi connectivity index (χ1) is 27.6. The van der Waals surface area contributed by atoms with E-state index in [0.717, 1.165) is 77.0 Å². The fourth-order valence-corrected chi connectivity index (χ4v) is 6.77. The molecule has 0 spiro atoms. The molecule has 0 N–H and O–H groups in total. The summed E-state index contributed by atoms with van der Waals surface area (Å²) >= 11 is 0. The van der Waals surface area contributed by atoms with Crippen molar-refractivity contribution in [2.45, 2.75) is 187 Å². The van der Waals surface area contributed by atoms with Crippen LogP contribution in [-0.2, 0) is 27.9 Å². The molecule has 332 valence electrons. The van der Waals surface area contributed by atoms with Crippen LogP contribution in [0.5, 0.6) is 0 Å². The zero-order chi connectivity index (χ0) is 42.0. The van der Waals surface area contributed by atoms with Crippen molar-refractivity contribution in [3.8, 4) is 0 Å². The van der Waals surface area contributed by atoms with Gasteiger partial charge < -0.3 is 27.9 Å². The van der Waals surface area contributed by atoms with Gasteiger partial charge in [0.15, 0.2) is 0 Å². The molecule has 9 heteroatoms. The summed E-state index contributed by atoms with van der Waals surface area (Å²) in [6.07, 6.45) is 50.9. The second-order valence-corrected chi connectivity index (χ2v) is 17.8. The molecule has 0 fully saturated rings. The Morgan fingerprint density at radius 2 is 1.02 bits per heavy atom. The Bertz CT molecular complexity index is 1090. The summed E-state index contributed by atoms with van der Waals surface area (Å²) in [5.74, 6) is -0.346. The Morgan fingerprint density at radius 3 is 1.53 bits per heavy atom. The van der Waals surface area contributed by atoms with Crippen LogP contribution in [0.1, 0.15) is 181 Å². The quantitative estimate of drug-likeness (QED) is 0.0199. The number of phosphoric ester groups is 1. The topological polar surface area (TPSA) is 94.1 Å². The van der Waals surface area contributed by atoms with Gasteiger partial charge in [0.05, 0.1) is 34.4 Å². The number of carbonyl (C=O) groups excluding carboxylic acids is 1. The van der Waals surface area contributed by atoms with E-state index in [-0.39, 0.29) is 25.8 Å². The summed E-state index contributed by atoms with van der Waals surface area (Å²) < 4.78 is 34.6. The minimum absolute atomic E-state index is 0.0223. The predicted molar refractivity (Wildman–Crippen MR) is 240 cm³/mol. The summed E-state index contributed by atoms with van der Waals surface area (Å²) in [6.45, 7) is 5.28. The normalized spacial score (nSPS) is 14.3. The van der Waals surface area contributed by atoms with E-state index in [0.29, 0.717) is 24.1 Å². The average molecular weight is 822 g/mol. The molecule has 0 aliphatic heterocycles. The Kier molecular flexibility index (Phi) is 39.7. The lowest BCUT2D eigenvalue weighted by Crippen LogP contribution is -2.37. The van der Waals surface area contributed by atoms with Gasteiger partial charge in [0.25, 0.3) is 7.82 Å². The number of allylic oxidation sites excluding steroid dienone is 10. The van der Waals surface area contributed by atoms with Gasteiger partial charge in [-0.1, -0.05) is 177 Å². The number of phosphoric acid groups is 1. The summed E-state index contributed by atoms with van der Waals surface area (Å²) in [5.41, 5.74) is 0. The molecule has 8 nitrogen and oxygen atoms in total. The fourth-order valence-electron chi connectivity index (χ4n) is 6.04. The third-order valence-electron chi connectivity index (χ3n) is 9.58. The maximum absolute atomic E-state index is 12.7. The van der Waals surface area contributed by atoms with E-state index >= 15 is 0 Å². The molecule has 0 saturated heterocycles. The third-order valence-corrected chi connectivity index (χ3v) is 10.5. The van der Waals surface area contributed by atoms with E-state index < -0.39 is 13.9 Å². The van der Waals surface area contributed by atoms with Gasteiger partial charge in [-0.25, -0.2) is 0 Å². The van der Waals surface area contributed by atoms with E-state index in [2.05, 4.69) is 74.6 Å². The lowest BCUT2D eigenvalue weighted by molar-refractivity contribution is -0.870. The van der Waals surface area contributed by atoms with Crippen LogP contribution in [-0.4, -0.2) is 70.7 Å². The fraction of sp³-hybridized carbons (Fsp3) is 0.771. The zero-order valence-electron chi connectivity index (χ0n) is 37.5. The maximum Gasteiger partial charge on any atom is 0.306 e. The maximum atomic E-state index is 12.7. The van der Waals surface area contributed by atoms with E-state index in [1.165, 1.54) is 83.5 Å². The van der Waals surface area contributed by atoms with Crippen LogP contribution in [0, 0.1) is 0 Å². The van der Waals surface area contributed by atoms with Crippen LogP contribution >= 0.6 is 7.82 Å². The number of unbranched alkanes of at least 4 members (excludes halogenated alkanes) is 18. The standard InChI is InChI=1S/C48H88NO7P/c1-6-8-10-12-14-16-18-20-21-22-23-24-25-26-27-28-29-30-31-33-35-37-39-41-48(50)56-47(46-55-57(51,52)54-44-42-49(3,4)5)45-53-43-40-38-36-34-32-19-17-15-13-11-9-7-2/h8,10,14,16,20-21,23-24,26-27,47H,6-7,9,11-13,15,17-19,22,25,28-46H2,1-5H3/b10-8-,16-14-,21-20-,24-23-,27-26-. The molecule has 2 atom stereocenters. The SMILES string of the molecule is CC/C=C\C/C=C\C/C=C\C/C=C\C/C=C\CCCCCCCCCC(=O)OC(COCCCCCCCCCCCCCC)COP(=O)([O-])OCC[N+](C)(C)C. The van der Waals surface area contributed by atoms with Crippen LogP contribution < -0.4 is 4.89 Å². The average Bonchev–Trinajstić information content (AvgIpc) is 3.16. The van der Waals surface area contributed by atoms with E-state index in [1.54, 1.807) is 0 Å². The van der Waals surface area contributed by atoms with Crippen LogP contribution in [0.25, 0.3) is 0 Å². The zero-order valence-corrected chi connectivity index (χ0v) is 38.4. The van der Waals surface area contributed by atoms with Gasteiger partial charge in [0.1, 0.15) is 19.3 Å². The van der Waals surface area contributed by atoms with Crippen LogP contribution in [0.4, 0.5) is 0 Å². The summed E-state index contributed by atoms with van der Waals surface area (Å²) in [4.78, 5) is 25.1. The summed E-state index contributed by atoms with van der Waals surface area (Å²) in [7, 11) is 1.34. The van der Waals surface area contributed by atoms with E-state index in [9.17, 15) is 14.3 Å². The van der Waals surface area contributed by atoms with Crippen molar-refractivity contribution >= 4 is 13.8 Å². The first-order valence-electron chi connectivity index (χ1n) is 23.0. The van der Waals surface area contributed by atoms with E-state index in [4.69, 9.17) is 18.5 Å². The van der Waals surface area contributed by atoms with Crippen molar-refractivity contribution in [2.75, 3.05) is 54.1 Å². The number of ether oxygens (including phenoxy) is 2. The molecule has 0 aliphatic carbocycles. The van der Waals surface area contributed by atoms with Gasteiger partial charge in [0, 0.05) is 13.0 Å². The number of likely N-dealkylation sites (N-methyl/N-ethyl adjacent to an activating group) is 1. The number of esters is 1. The molecular weight excluding hydrogens is 734 g/mol. The van der Waals surface area contributed by atoms with Gasteiger partial charge in [-0.2, -0.15) is 0 Å². The lowest BCUT2D eigenvalue weighted by Gasteiger charge is -2.28. The molecule has 2 unspecified atom stereocenters. The molecular formula is C48H88NO7P. The summed E-state index contributed by atoms with van der Waals surface area (Å²) in [5, 5.41) is 0. The molecule has 0 saturated carbocycles. The van der Waals surface area contributed by atoms with Crippen LogP contribution in [0.2, 0.25) is 0 Å². The number of quaternary nitrogens is 1. The highest BCUT2D eigenvalue weighted by atomic mass is 31.2. The Hall–Kier alpha value is -1.80. The van der Waals surface area contributed by atoms with Gasteiger partial charge in [-0.15, -0.1) is 0 Å². The van der Waals surface area contributed by atoms with Crippen molar-refractivity contribution < 1.29 is 37.3 Å². The van der Waals surface area contributed by atoms with Crippen molar-refractivity contribution in [1.82, 2.24) is 0 Å². The number of carbonyl (C=O) groups is 1. The monoisotopic (exact) mass is 822 g/mol. The molecule has 0 aromatic heterocycles. The number of nitrogens with zero attached hydrogens (tertiary/aromatic N) is 1. The highest BCUT2D eigenvalue weighted by Crippen LogP contribution is 2.38. The molecule has 0 amide bonds. The smallest absolute Gasteiger partial charge is 0.306 e. The van der Waals surface area contributed by atoms with Gasteiger partial charge >= 0.3 is 5.97 Å². The minimum atomic E-state index is -4.53. The number of hydrogen-bond donors (Lipinski definition) is 0. The largest absolute Gasteiger partial charge is 0.756 e. The minimum Gasteiger partial charge on any atom is -0.756 e. The summed E-state index contributed by atoms with van der Waals surface area (Å²) in [6, 6.07) is 0. The Morgan fingerprint density at radius 1 is 0.561 bits per heavy atom. The molecule has 0 aromatic rings. The van der Waals surface area contributed by atoms with Gasteiger partial charge in [0.2, 0.25) is 0 Å². The molecule has 0 aromatic carbocycles. The molecule has 0 radical (unpaired) electrons. The van der Waals surface area contributed by atoms with Crippen LogP contribution in [0.15, 0.2) is 60.8 Å². The van der Waals surface area contributed by atoms with Gasteiger partial charge in [-0.3, -0.25) is 9.36 Å². The van der Waals surface area contributed by atoms with E-state index in [1.807, 2.05) is 21.1 Å². The second-order valence-electron chi connectivity index (χ2n) is 16.4. The highest BCUT2D eigenvalue weighted by Gasteiger charge is 2.20. The van der Waals surface area contributed by atoms with Crippen molar-refractivity contribution in [1.29, 1.82) is 0 Å². The third kappa shape index (κ3) is 45.1. The Labute approximate surface area is 351 Å². The molecule has 57 heavy (non-hydrogen) atoms. The lowest BCUT2D eigenvalue weighted by atomic mass is 10.1. The van der Waals surface area contributed by atoms with Gasteiger partial charge in [-0.05, 0) is 57.8 Å². The van der Waals surface area contributed by atoms with Crippen LogP contribution in [0.3, 0.4) is 0 Å². The molecule has 0 bridgehead atoms. The predicted octanol–water partition coefficient (Wildman–Crippen LogP) is 13.1. The molecule has 0 heterocycles.